The van der Waals surface area contributed by atoms with Crippen molar-refractivity contribution in [1.29, 1.82) is 0 Å². The molecule has 0 saturated carbocycles. The molecule has 1 fully saturated rings. The van der Waals surface area contributed by atoms with Crippen LogP contribution in [0.2, 0.25) is 0 Å². The van der Waals surface area contributed by atoms with Crippen LogP contribution in [0.3, 0.4) is 0 Å². The van der Waals surface area contributed by atoms with Gasteiger partial charge in [-0.2, -0.15) is 13.2 Å². The topological polar surface area (TPSA) is 54.7 Å². The number of hydrogen-bond acceptors (Lipinski definition) is 5. The number of nitrogens with zero attached hydrogens (tertiary/aromatic N) is 1. The van der Waals surface area contributed by atoms with Gasteiger partial charge in [-0.05, 0) is 43.3 Å². The molecule has 8 heteroatoms. The minimum atomic E-state index is -4.59. The van der Waals surface area contributed by atoms with Crippen LogP contribution in [-0.2, 0) is 6.18 Å². The van der Waals surface area contributed by atoms with E-state index in [2.05, 4.69) is 17.1 Å². The second kappa shape index (κ2) is 7.68. The van der Waals surface area contributed by atoms with Gasteiger partial charge in [-0.25, -0.2) is 0 Å². The Labute approximate surface area is 171 Å². The molecule has 1 atom stereocenters. The largest absolute Gasteiger partial charge is 0.496 e. The second-order valence-electron chi connectivity index (χ2n) is 7.37. The van der Waals surface area contributed by atoms with Crippen molar-refractivity contribution in [3.05, 3.63) is 58.3 Å². The van der Waals surface area contributed by atoms with Crippen molar-refractivity contribution in [1.82, 2.24) is 5.32 Å². The summed E-state index contributed by atoms with van der Waals surface area (Å²) in [6.45, 7) is 4.59. The molecule has 2 heterocycles. The number of fused-ring (bicyclic) bond motifs is 1. The Morgan fingerprint density at radius 3 is 2.67 bits per heavy atom. The van der Waals surface area contributed by atoms with E-state index in [1.165, 1.54) is 25.3 Å². The zero-order chi connectivity index (χ0) is 21.5. The first kappa shape index (κ1) is 20.3. The van der Waals surface area contributed by atoms with Gasteiger partial charge in [0.25, 0.3) is 0 Å². The molecule has 158 valence electrons. The zero-order valence-corrected chi connectivity index (χ0v) is 16.5. The van der Waals surface area contributed by atoms with Crippen LogP contribution in [0.25, 0.3) is 22.3 Å². The molecule has 0 spiro atoms. The molecule has 1 saturated heterocycles. The molecule has 3 aromatic rings. The number of rotatable bonds is 3. The summed E-state index contributed by atoms with van der Waals surface area (Å²) >= 11 is 0. The number of alkyl halides is 3. The fourth-order valence-electron chi connectivity index (χ4n) is 3.73. The average Bonchev–Trinajstić information content (AvgIpc) is 2.72. The van der Waals surface area contributed by atoms with E-state index in [-0.39, 0.29) is 22.5 Å². The average molecular weight is 418 g/mol. The molecule has 0 unspecified atom stereocenters. The molecule has 1 aliphatic heterocycles. The van der Waals surface area contributed by atoms with Crippen molar-refractivity contribution in [2.24, 2.45) is 0 Å². The second-order valence-corrected chi connectivity index (χ2v) is 7.37. The van der Waals surface area contributed by atoms with Gasteiger partial charge in [-0.15, -0.1) is 0 Å². The summed E-state index contributed by atoms with van der Waals surface area (Å²) in [6, 6.07) is 10.5. The predicted octanol–water partition coefficient (Wildman–Crippen LogP) is 4.29. The summed E-state index contributed by atoms with van der Waals surface area (Å²) in [6.07, 6.45) is -4.59. The van der Waals surface area contributed by atoms with E-state index in [1.54, 1.807) is 12.1 Å². The van der Waals surface area contributed by atoms with Crippen LogP contribution in [0.15, 0.2) is 51.7 Å². The van der Waals surface area contributed by atoms with Crippen molar-refractivity contribution in [2.75, 3.05) is 31.6 Å². The van der Waals surface area contributed by atoms with Crippen molar-refractivity contribution in [3.63, 3.8) is 0 Å². The molecule has 2 aromatic carbocycles. The Bertz CT molecular complexity index is 1140. The van der Waals surface area contributed by atoms with E-state index in [0.717, 1.165) is 31.4 Å². The minimum absolute atomic E-state index is 0.0733. The van der Waals surface area contributed by atoms with Crippen LogP contribution in [0.5, 0.6) is 5.75 Å². The first-order valence-electron chi connectivity index (χ1n) is 9.58. The predicted molar refractivity (Wildman–Crippen MR) is 109 cm³/mol. The quantitative estimate of drug-likeness (QED) is 0.688. The number of piperazine rings is 1. The van der Waals surface area contributed by atoms with Gasteiger partial charge in [0.2, 0.25) is 0 Å². The molecule has 1 aromatic heterocycles. The SMILES string of the molecule is COc1ccc(-c2cc(=O)c3cc(N4CCN[C@@H](C)C4)ccc3o2)cc1C(F)(F)F. The third kappa shape index (κ3) is 3.87. The highest BCUT2D eigenvalue weighted by molar-refractivity contribution is 5.82. The van der Waals surface area contributed by atoms with E-state index < -0.39 is 11.7 Å². The molecule has 4 rings (SSSR count). The number of benzene rings is 2. The first-order chi connectivity index (χ1) is 14.3. The van der Waals surface area contributed by atoms with Crippen LogP contribution in [0, 0.1) is 0 Å². The van der Waals surface area contributed by atoms with Crippen LogP contribution in [0.4, 0.5) is 18.9 Å². The van der Waals surface area contributed by atoms with Gasteiger partial charge < -0.3 is 19.4 Å². The molecular weight excluding hydrogens is 397 g/mol. The third-order valence-corrected chi connectivity index (χ3v) is 5.23. The van der Waals surface area contributed by atoms with Gasteiger partial charge in [-0.3, -0.25) is 4.79 Å². The third-order valence-electron chi connectivity index (χ3n) is 5.23. The molecule has 0 aliphatic carbocycles. The first-order valence-corrected chi connectivity index (χ1v) is 9.58. The van der Waals surface area contributed by atoms with Gasteiger partial charge in [0.1, 0.15) is 17.1 Å². The van der Waals surface area contributed by atoms with Gasteiger partial charge in [0.15, 0.2) is 5.43 Å². The Kier molecular flexibility index (Phi) is 5.19. The Morgan fingerprint density at radius 2 is 1.97 bits per heavy atom. The summed E-state index contributed by atoms with van der Waals surface area (Å²) in [4.78, 5) is 14.9. The van der Waals surface area contributed by atoms with Gasteiger partial charge in [-0.1, -0.05) is 0 Å². The standard InChI is InChI=1S/C22H21F3N2O3/c1-13-12-27(8-7-26-13)15-4-6-19-16(10-15)18(28)11-21(30-19)14-3-5-20(29-2)17(9-14)22(23,24)25/h3-6,9-11,13,26H,7-8,12H2,1-2H3/t13-/m0/s1. The van der Waals surface area contributed by atoms with E-state index in [9.17, 15) is 18.0 Å². The van der Waals surface area contributed by atoms with Crippen LogP contribution in [0.1, 0.15) is 12.5 Å². The number of halogens is 3. The molecule has 1 N–H and O–H groups in total. The summed E-state index contributed by atoms with van der Waals surface area (Å²) in [7, 11) is 1.18. The lowest BCUT2D eigenvalue weighted by Crippen LogP contribution is -2.49. The molecule has 0 radical (unpaired) electrons. The zero-order valence-electron chi connectivity index (χ0n) is 16.5. The maximum absolute atomic E-state index is 13.3. The van der Waals surface area contributed by atoms with E-state index in [4.69, 9.17) is 9.15 Å². The van der Waals surface area contributed by atoms with Crippen molar-refractivity contribution in [3.8, 4) is 17.1 Å². The number of methoxy groups -OCH3 is 1. The highest BCUT2D eigenvalue weighted by Crippen LogP contribution is 2.39. The van der Waals surface area contributed by atoms with E-state index >= 15 is 0 Å². The normalized spacial score (nSPS) is 17.4. The minimum Gasteiger partial charge on any atom is -0.496 e. The van der Waals surface area contributed by atoms with Crippen LogP contribution >= 0.6 is 0 Å². The van der Waals surface area contributed by atoms with E-state index in [1.807, 2.05) is 6.07 Å². The molecule has 30 heavy (non-hydrogen) atoms. The van der Waals surface area contributed by atoms with Gasteiger partial charge in [0, 0.05) is 43.0 Å². The number of ether oxygens (including phenoxy) is 1. The van der Waals surface area contributed by atoms with E-state index in [0.29, 0.717) is 17.0 Å². The lowest BCUT2D eigenvalue weighted by Gasteiger charge is -2.33. The lowest BCUT2D eigenvalue weighted by atomic mass is 10.1. The van der Waals surface area contributed by atoms with Crippen molar-refractivity contribution >= 4 is 16.7 Å². The Morgan fingerprint density at radius 1 is 1.17 bits per heavy atom. The number of nitrogens with one attached hydrogen (secondary N) is 1. The van der Waals surface area contributed by atoms with Gasteiger partial charge >= 0.3 is 6.18 Å². The van der Waals surface area contributed by atoms with Crippen molar-refractivity contribution < 1.29 is 22.3 Å². The highest BCUT2D eigenvalue weighted by atomic mass is 19.4. The molecule has 0 bridgehead atoms. The monoisotopic (exact) mass is 418 g/mol. The number of hydrogen-bond donors (Lipinski definition) is 1. The van der Waals surface area contributed by atoms with Crippen LogP contribution < -0.4 is 20.4 Å². The van der Waals surface area contributed by atoms with Crippen LogP contribution in [-0.4, -0.2) is 32.8 Å². The van der Waals surface area contributed by atoms with Gasteiger partial charge in [0.05, 0.1) is 18.1 Å². The molecule has 1 aliphatic rings. The number of anilines is 1. The Hall–Kier alpha value is -3.00. The smallest absolute Gasteiger partial charge is 0.419 e. The summed E-state index contributed by atoms with van der Waals surface area (Å²) < 4.78 is 50.6. The van der Waals surface area contributed by atoms with Crippen molar-refractivity contribution in [2.45, 2.75) is 19.1 Å². The lowest BCUT2D eigenvalue weighted by molar-refractivity contribution is -0.138. The maximum atomic E-state index is 13.3. The summed E-state index contributed by atoms with van der Waals surface area (Å²) in [5.41, 5.74) is 0.171. The molecular formula is C22H21F3N2O3. The molecule has 0 amide bonds. The molecule has 5 nitrogen and oxygen atoms in total. The summed E-state index contributed by atoms with van der Waals surface area (Å²) in [5.74, 6) is -0.214. The Balaban J connectivity index is 1.75. The maximum Gasteiger partial charge on any atom is 0.419 e. The summed E-state index contributed by atoms with van der Waals surface area (Å²) in [5, 5.41) is 3.76. The fourth-order valence-corrected chi connectivity index (χ4v) is 3.73. The highest BCUT2D eigenvalue weighted by Gasteiger charge is 2.34. The fraction of sp³-hybridized carbons (Fsp3) is 0.318.